The fourth-order valence-electron chi connectivity index (χ4n) is 2.77. The summed E-state index contributed by atoms with van der Waals surface area (Å²) in [7, 11) is 0. The molecule has 158 valence electrons. The molecule has 10 nitrogen and oxygen atoms in total. The molecule has 3 rings (SSSR count). The number of carbonyl (C=O) groups excluding carboxylic acids is 1. The van der Waals surface area contributed by atoms with Crippen molar-refractivity contribution < 1.29 is 14.3 Å². The molecule has 0 aliphatic rings. The molecular formula is C20H25N7O3. The summed E-state index contributed by atoms with van der Waals surface area (Å²) in [5.41, 5.74) is 19.3. The van der Waals surface area contributed by atoms with Crippen LogP contribution in [0.5, 0.6) is 5.75 Å². The van der Waals surface area contributed by atoms with Crippen molar-refractivity contribution in [1.82, 2.24) is 19.9 Å². The molecule has 3 aromatic rings. The van der Waals surface area contributed by atoms with Crippen LogP contribution in [0.2, 0.25) is 0 Å². The average molecular weight is 411 g/mol. The van der Waals surface area contributed by atoms with Gasteiger partial charge in [0.25, 0.3) is 0 Å². The summed E-state index contributed by atoms with van der Waals surface area (Å²) in [6, 6.07) is 7.30. The fraction of sp³-hybridized carbons (Fsp3) is 0.350. The van der Waals surface area contributed by atoms with E-state index in [0.29, 0.717) is 36.6 Å². The smallest absolute Gasteiger partial charge is 0.305 e. The molecule has 10 heteroatoms. The van der Waals surface area contributed by atoms with Gasteiger partial charge in [-0.25, -0.2) is 9.97 Å². The SMILES string of the molecule is CCCOC(=O)CCCCOc1ccc(-c2nc3c(N)nc(N)nc3nc2N)cc1. The van der Waals surface area contributed by atoms with Gasteiger partial charge in [-0.2, -0.15) is 9.97 Å². The topological polar surface area (TPSA) is 165 Å². The number of hydrogen-bond acceptors (Lipinski definition) is 10. The summed E-state index contributed by atoms with van der Waals surface area (Å²) in [5, 5.41) is 0. The maximum absolute atomic E-state index is 11.4. The number of carbonyl (C=O) groups is 1. The number of aromatic nitrogens is 4. The molecule has 0 amide bonds. The van der Waals surface area contributed by atoms with Gasteiger partial charge in [0.1, 0.15) is 11.4 Å². The molecule has 0 saturated heterocycles. The number of nitrogens with zero attached hydrogens (tertiary/aromatic N) is 4. The Bertz CT molecular complexity index is 1030. The lowest BCUT2D eigenvalue weighted by Crippen LogP contribution is -2.06. The van der Waals surface area contributed by atoms with Gasteiger partial charge in [0.2, 0.25) is 5.95 Å². The molecule has 0 radical (unpaired) electrons. The quantitative estimate of drug-likeness (QED) is 0.351. The zero-order chi connectivity index (χ0) is 21.5. The summed E-state index contributed by atoms with van der Waals surface area (Å²) in [4.78, 5) is 28.1. The van der Waals surface area contributed by atoms with E-state index in [1.54, 1.807) is 0 Å². The Labute approximate surface area is 173 Å². The normalized spacial score (nSPS) is 10.8. The highest BCUT2D eigenvalue weighted by molar-refractivity contribution is 5.87. The Morgan fingerprint density at radius 3 is 2.43 bits per heavy atom. The number of esters is 1. The van der Waals surface area contributed by atoms with Crippen LogP contribution < -0.4 is 21.9 Å². The van der Waals surface area contributed by atoms with Crippen molar-refractivity contribution in [2.75, 3.05) is 30.4 Å². The molecule has 6 N–H and O–H groups in total. The van der Waals surface area contributed by atoms with Crippen LogP contribution in [0, 0.1) is 0 Å². The molecule has 0 aliphatic heterocycles. The predicted molar refractivity (Wildman–Crippen MR) is 114 cm³/mol. The Hall–Kier alpha value is -3.69. The lowest BCUT2D eigenvalue weighted by atomic mass is 10.1. The molecule has 0 saturated carbocycles. The van der Waals surface area contributed by atoms with E-state index in [2.05, 4.69) is 19.9 Å². The van der Waals surface area contributed by atoms with E-state index in [4.69, 9.17) is 26.7 Å². The van der Waals surface area contributed by atoms with Crippen LogP contribution in [0.3, 0.4) is 0 Å². The average Bonchev–Trinajstić information content (AvgIpc) is 2.72. The summed E-state index contributed by atoms with van der Waals surface area (Å²) in [5.74, 6) is 0.911. The lowest BCUT2D eigenvalue weighted by Gasteiger charge is -2.09. The number of nitrogens with two attached hydrogens (primary N) is 3. The number of anilines is 3. The minimum Gasteiger partial charge on any atom is -0.494 e. The fourth-order valence-corrected chi connectivity index (χ4v) is 2.77. The number of rotatable bonds is 9. The number of fused-ring (bicyclic) bond motifs is 1. The van der Waals surface area contributed by atoms with Crippen LogP contribution in [-0.2, 0) is 9.53 Å². The summed E-state index contributed by atoms with van der Waals surface area (Å²) in [6.07, 6.45) is 2.71. The van der Waals surface area contributed by atoms with Gasteiger partial charge in [-0.1, -0.05) is 6.92 Å². The van der Waals surface area contributed by atoms with Gasteiger partial charge >= 0.3 is 5.97 Å². The van der Waals surface area contributed by atoms with Crippen molar-refractivity contribution >= 4 is 34.7 Å². The third-order valence-electron chi connectivity index (χ3n) is 4.24. The predicted octanol–water partition coefficient (Wildman–Crippen LogP) is 2.34. The van der Waals surface area contributed by atoms with E-state index in [0.717, 1.165) is 24.8 Å². The first kappa shape index (κ1) is 21.0. The van der Waals surface area contributed by atoms with Crippen LogP contribution in [-0.4, -0.2) is 39.1 Å². The first-order chi connectivity index (χ1) is 14.5. The maximum atomic E-state index is 11.4. The molecule has 0 bridgehead atoms. The van der Waals surface area contributed by atoms with Gasteiger partial charge in [0.05, 0.1) is 13.2 Å². The monoisotopic (exact) mass is 411 g/mol. The molecule has 0 unspecified atom stereocenters. The van der Waals surface area contributed by atoms with Crippen molar-refractivity contribution in [1.29, 1.82) is 0 Å². The molecule has 0 spiro atoms. The second-order valence-electron chi connectivity index (χ2n) is 6.65. The third-order valence-corrected chi connectivity index (χ3v) is 4.24. The number of hydrogen-bond donors (Lipinski definition) is 3. The van der Waals surface area contributed by atoms with Crippen molar-refractivity contribution in [2.45, 2.75) is 32.6 Å². The molecule has 0 atom stereocenters. The molecule has 30 heavy (non-hydrogen) atoms. The van der Waals surface area contributed by atoms with Gasteiger partial charge in [-0.05, 0) is 43.5 Å². The standard InChI is InChI=1S/C20H25N7O3/c1-2-10-30-14(28)5-3-4-11-29-13-8-6-12(7-9-13)15-17(21)25-19-16(24-15)18(22)26-20(23)27-19/h6-9H,2-5,10-11H2,1H3,(H6,21,22,23,25,26,27). The second-order valence-corrected chi connectivity index (χ2v) is 6.65. The van der Waals surface area contributed by atoms with E-state index < -0.39 is 0 Å². The Morgan fingerprint density at radius 1 is 0.933 bits per heavy atom. The van der Waals surface area contributed by atoms with Crippen molar-refractivity contribution in [3.05, 3.63) is 24.3 Å². The molecule has 0 aliphatic carbocycles. The van der Waals surface area contributed by atoms with E-state index in [1.807, 2.05) is 31.2 Å². The zero-order valence-electron chi connectivity index (χ0n) is 16.8. The van der Waals surface area contributed by atoms with Gasteiger partial charge in [0, 0.05) is 12.0 Å². The lowest BCUT2D eigenvalue weighted by molar-refractivity contribution is -0.143. The van der Waals surface area contributed by atoms with Crippen molar-refractivity contribution in [3.63, 3.8) is 0 Å². The zero-order valence-corrected chi connectivity index (χ0v) is 16.8. The Balaban J connectivity index is 1.59. The number of ether oxygens (including phenoxy) is 2. The van der Waals surface area contributed by atoms with E-state index >= 15 is 0 Å². The third kappa shape index (κ3) is 5.22. The largest absolute Gasteiger partial charge is 0.494 e. The minimum atomic E-state index is -0.163. The molecule has 2 heterocycles. The van der Waals surface area contributed by atoms with Crippen molar-refractivity contribution in [3.8, 4) is 17.0 Å². The molecule has 2 aromatic heterocycles. The van der Waals surface area contributed by atoms with Gasteiger partial charge in [-0.3, -0.25) is 4.79 Å². The van der Waals surface area contributed by atoms with E-state index in [-0.39, 0.29) is 29.2 Å². The molecule has 0 fully saturated rings. The first-order valence-corrected chi connectivity index (χ1v) is 9.73. The molecular weight excluding hydrogens is 386 g/mol. The van der Waals surface area contributed by atoms with Gasteiger partial charge < -0.3 is 26.7 Å². The summed E-state index contributed by atoms with van der Waals surface area (Å²) in [6.45, 7) is 2.95. The highest BCUT2D eigenvalue weighted by Crippen LogP contribution is 2.27. The Morgan fingerprint density at radius 2 is 1.70 bits per heavy atom. The Kier molecular flexibility index (Phi) is 6.79. The van der Waals surface area contributed by atoms with E-state index in [9.17, 15) is 4.79 Å². The highest BCUT2D eigenvalue weighted by atomic mass is 16.5. The van der Waals surface area contributed by atoms with Gasteiger partial charge in [-0.15, -0.1) is 0 Å². The number of nitrogen functional groups attached to an aromatic ring is 3. The van der Waals surface area contributed by atoms with Crippen LogP contribution in [0.4, 0.5) is 17.6 Å². The minimum absolute atomic E-state index is 0.0146. The summed E-state index contributed by atoms with van der Waals surface area (Å²) >= 11 is 0. The van der Waals surface area contributed by atoms with Crippen LogP contribution in [0.1, 0.15) is 32.6 Å². The number of unbranched alkanes of at least 4 members (excludes halogenated alkanes) is 1. The summed E-state index contributed by atoms with van der Waals surface area (Å²) < 4.78 is 10.8. The van der Waals surface area contributed by atoms with Crippen molar-refractivity contribution in [2.24, 2.45) is 0 Å². The van der Waals surface area contributed by atoms with E-state index in [1.165, 1.54) is 0 Å². The molecule has 1 aromatic carbocycles. The van der Waals surface area contributed by atoms with Gasteiger partial charge in [0.15, 0.2) is 22.8 Å². The highest BCUT2D eigenvalue weighted by Gasteiger charge is 2.13. The van der Waals surface area contributed by atoms with Crippen LogP contribution in [0.15, 0.2) is 24.3 Å². The number of benzene rings is 1. The van der Waals surface area contributed by atoms with Crippen LogP contribution >= 0.6 is 0 Å². The second kappa shape index (κ2) is 9.68. The van der Waals surface area contributed by atoms with Crippen LogP contribution in [0.25, 0.3) is 22.4 Å². The maximum Gasteiger partial charge on any atom is 0.305 e. The first-order valence-electron chi connectivity index (χ1n) is 9.73.